The Kier molecular flexibility index (Phi) is 5.87. The van der Waals surface area contributed by atoms with Crippen molar-refractivity contribution in [3.63, 3.8) is 0 Å². The second-order valence-corrected chi connectivity index (χ2v) is 8.79. The van der Waals surface area contributed by atoms with Gasteiger partial charge in [0.05, 0.1) is 4.92 Å². The van der Waals surface area contributed by atoms with E-state index in [1.807, 2.05) is 0 Å². The van der Waals surface area contributed by atoms with Crippen molar-refractivity contribution in [3.05, 3.63) is 34.4 Å². The maximum Gasteiger partial charge on any atom is 0.410 e. The molecule has 1 aromatic rings. The van der Waals surface area contributed by atoms with Crippen LogP contribution in [0, 0.1) is 10.1 Å². The van der Waals surface area contributed by atoms with Crippen LogP contribution in [0.1, 0.15) is 33.6 Å². The van der Waals surface area contributed by atoms with Crippen LogP contribution in [0.2, 0.25) is 0 Å². The third-order valence-corrected chi connectivity index (χ3v) is 5.31. The van der Waals surface area contributed by atoms with E-state index in [1.165, 1.54) is 23.1 Å². The number of para-hydroxylation sites is 1. The van der Waals surface area contributed by atoms with Crippen molar-refractivity contribution in [1.82, 2.24) is 9.62 Å². The molecule has 1 saturated heterocycles. The number of ether oxygens (including phenoxy) is 1. The van der Waals surface area contributed by atoms with Crippen LogP contribution in [0.5, 0.6) is 0 Å². The fraction of sp³-hybridized carbons (Fsp3) is 0.562. The molecule has 1 fully saturated rings. The summed E-state index contributed by atoms with van der Waals surface area (Å²) in [5, 5.41) is 11.1. The third-order valence-electron chi connectivity index (χ3n) is 3.75. The molecule has 10 heteroatoms. The predicted octanol–water partition coefficient (Wildman–Crippen LogP) is 2.27. The smallest absolute Gasteiger partial charge is 0.410 e. The van der Waals surface area contributed by atoms with Gasteiger partial charge < -0.3 is 9.64 Å². The van der Waals surface area contributed by atoms with Gasteiger partial charge in [-0.05, 0) is 39.7 Å². The average Bonchev–Trinajstić information content (AvgIpc) is 2.53. The third kappa shape index (κ3) is 5.15. The fourth-order valence-electron chi connectivity index (χ4n) is 2.68. The van der Waals surface area contributed by atoms with Gasteiger partial charge in [0.1, 0.15) is 5.60 Å². The molecule has 2 rings (SSSR count). The van der Waals surface area contributed by atoms with Crippen molar-refractivity contribution >= 4 is 21.8 Å². The number of sulfonamides is 1. The second kappa shape index (κ2) is 7.58. The molecule has 144 valence electrons. The summed E-state index contributed by atoms with van der Waals surface area (Å²) >= 11 is 0. The summed E-state index contributed by atoms with van der Waals surface area (Å²) in [6.45, 7) is 5.88. The normalized spacial score (nSPS) is 18.4. The lowest BCUT2D eigenvalue weighted by Gasteiger charge is -2.34. The Bertz CT molecular complexity index is 787. The predicted molar refractivity (Wildman–Crippen MR) is 94.2 cm³/mol. The van der Waals surface area contributed by atoms with Crippen LogP contribution in [0.4, 0.5) is 10.5 Å². The van der Waals surface area contributed by atoms with E-state index in [1.54, 1.807) is 20.8 Å². The molecule has 0 aliphatic carbocycles. The zero-order valence-electron chi connectivity index (χ0n) is 15.0. The summed E-state index contributed by atoms with van der Waals surface area (Å²) < 4.78 is 32.9. The first kappa shape index (κ1) is 20.1. The topological polar surface area (TPSA) is 119 Å². The Morgan fingerprint density at radius 3 is 2.62 bits per heavy atom. The number of rotatable bonds is 4. The maximum atomic E-state index is 12.6. The molecule has 0 aromatic heterocycles. The molecule has 1 atom stereocenters. The van der Waals surface area contributed by atoms with Crippen molar-refractivity contribution in [2.45, 2.75) is 50.2 Å². The molecule has 1 aliphatic rings. The molecule has 1 amide bonds. The van der Waals surface area contributed by atoms with E-state index in [4.69, 9.17) is 4.74 Å². The number of likely N-dealkylation sites (tertiary alicyclic amines) is 1. The monoisotopic (exact) mass is 385 g/mol. The quantitative estimate of drug-likeness (QED) is 0.627. The van der Waals surface area contributed by atoms with Crippen molar-refractivity contribution < 1.29 is 22.9 Å². The standard InChI is InChI=1S/C16H23N3O6S/c1-16(2,3)25-15(20)18-10-6-7-12(11-18)17-26(23,24)14-9-5-4-8-13(14)19(21)22/h4-5,8-9,12,17H,6-7,10-11H2,1-3H3. The van der Waals surface area contributed by atoms with E-state index in [0.717, 1.165) is 6.07 Å². The Labute approximate surface area is 152 Å². The Hall–Kier alpha value is -2.20. The maximum absolute atomic E-state index is 12.6. The van der Waals surface area contributed by atoms with Crippen molar-refractivity contribution in [2.75, 3.05) is 13.1 Å². The van der Waals surface area contributed by atoms with Crippen molar-refractivity contribution in [2.24, 2.45) is 0 Å². The van der Waals surface area contributed by atoms with Crippen LogP contribution in [-0.4, -0.2) is 49.1 Å². The van der Waals surface area contributed by atoms with E-state index in [-0.39, 0.29) is 11.4 Å². The highest BCUT2D eigenvalue weighted by atomic mass is 32.2. The summed E-state index contributed by atoms with van der Waals surface area (Å²) in [5.74, 6) is 0. The first-order valence-electron chi connectivity index (χ1n) is 8.23. The Morgan fingerprint density at radius 1 is 1.35 bits per heavy atom. The van der Waals surface area contributed by atoms with Crippen LogP contribution in [0.25, 0.3) is 0 Å². The summed E-state index contributed by atoms with van der Waals surface area (Å²) in [6, 6.07) is 4.62. The molecular weight excluding hydrogens is 362 g/mol. The van der Waals surface area contributed by atoms with Crippen molar-refractivity contribution in [1.29, 1.82) is 0 Å². The van der Waals surface area contributed by atoms with E-state index < -0.39 is 38.4 Å². The minimum absolute atomic E-state index is 0.148. The van der Waals surface area contributed by atoms with Gasteiger partial charge in [0, 0.05) is 25.2 Å². The number of nitrogens with one attached hydrogen (secondary N) is 1. The molecule has 0 saturated carbocycles. The van der Waals surface area contributed by atoms with Gasteiger partial charge in [0.2, 0.25) is 10.0 Å². The van der Waals surface area contributed by atoms with Gasteiger partial charge in [0.25, 0.3) is 5.69 Å². The molecule has 0 radical (unpaired) electrons. The van der Waals surface area contributed by atoms with Gasteiger partial charge in [0.15, 0.2) is 4.90 Å². The summed E-state index contributed by atoms with van der Waals surface area (Å²) in [7, 11) is -4.09. The molecular formula is C16H23N3O6S. The van der Waals surface area contributed by atoms with Crippen LogP contribution in [0.15, 0.2) is 29.2 Å². The number of hydrogen-bond acceptors (Lipinski definition) is 6. The van der Waals surface area contributed by atoms with Crippen LogP contribution < -0.4 is 4.72 Å². The zero-order chi connectivity index (χ0) is 19.5. The summed E-state index contributed by atoms with van der Waals surface area (Å²) in [5.41, 5.74) is -1.13. The number of amides is 1. The highest BCUT2D eigenvalue weighted by molar-refractivity contribution is 7.89. The number of carbonyl (C=O) groups is 1. The lowest BCUT2D eigenvalue weighted by molar-refractivity contribution is -0.387. The number of carbonyl (C=O) groups excluding carboxylic acids is 1. The van der Waals surface area contributed by atoms with Gasteiger partial charge in [-0.3, -0.25) is 10.1 Å². The number of benzene rings is 1. The fourth-order valence-corrected chi connectivity index (χ4v) is 4.12. The van der Waals surface area contributed by atoms with Crippen LogP contribution in [-0.2, 0) is 14.8 Å². The van der Waals surface area contributed by atoms with E-state index in [2.05, 4.69) is 4.72 Å². The Morgan fingerprint density at radius 2 is 2.00 bits per heavy atom. The SMILES string of the molecule is CC(C)(C)OC(=O)N1CCCC(NS(=O)(=O)c2ccccc2[N+](=O)[O-])C1. The molecule has 26 heavy (non-hydrogen) atoms. The van der Waals surface area contributed by atoms with E-state index in [9.17, 15) is 23.3 Å². The van der Waals surface area contributed by atoms with Gasteiger partial charge >= 0.3 is 6.09 Å². The molecule has 1 N–H and O–H groups in total. The highest BCUT2D eigenvalue weighted by Crippen LogP contribution is 2.24. The molecule has 0 bridgehead atoms. The summed E-state index contributed by atoms with van der Waals surface area (Å²) in [6.07, 6.45) is 0.620. The largest absolute Gasteiger partial charge is 0.444 e. The highest BCUT2D eigenvalue weighted by Gasteiger charge is 2.32. The molecule has 1 aliphatic heterocycles. The molecule has 1 unspecified atom stereocenters. The number of hydrogen-bond donors (Lipinski definition) is 1. The molecule has 1 aromatic carbocycles. The lowest BCUT2D eigenvalue weighted by atomic mass is 10.1. The van der Waals surface area contributed by atoms with Crippen molar-refractivity contribution in [3.8, 4) is 0 Å². The van der Waals surface area contributed by atoms with E-state index >= 15 is 0 Å². The van der Waals surface area contributed by atoms with Crippen LogP contribution in [0.3, 0.4) is 0 Å². The second-order valence-electron chi connectivity index (χ2n) is 7.11. The number of piperidine rings is 1. The minimum atomic E-state index is -4.09. The van der Waals surface area contributed by atoms with E-state index in [0.29, 0.717) is 19.4 Å². The first-order valence-corrected chi connectivity index (χ1v) is 9.71. The van der Waals surface area contributed by atoms with Crippen LogP contribution >= 0.6 is 0 Å². The number of nitrogens with zero attached hydrogens (tertiary/aromatic N) is 2. The van der Waals surface area contributed by atoms with Gasteiger partial charge in [-0.15, -0.1) is 0 Å². The molecule has 1 heterocycles. The number of nitro groups is 1. The molecule has 0 spiro atoms. The first-order chi connectivity index (χ1) is 12.0. The zero-order valence-corrected chi connectivity index (χ0v) is 15.8. The van der Waals surface area contributed by atoms with Gasteiger partial charge in [-0.25, -0.2) is 17.9 Å². The minimum Gasteiger partial charge on any atom is -0.444 e. The lowest BCUT2D eigenvalue weighted by Crippen LogP contribution is -2.50. The Balaban J connectivity index is 2.13. The molecule has 9 nitrogen and oxygen atoms in total. The average molecular weight is 385 g/mol. The van der Waals surface area contributed by atoms with Gasteiger partial charge in [-0.2, -0.15) is 0 Å². The van der Waals surface area contributed by atoms with Gasteiger partial charge in [-0.1, -0.05) is 12.1 Å². The number of nitro benzene ring substituents is 1. The summed E-state index contributed by atoms with van der Waals surface area (Å²) in [4.78, 5) is 23.6.